The van der Waals surface area contributed by atoms with Gasteiger partial charge in [0.15, 0.2) is 11.7 Å². The Bertz CT molecular complexity index is 1210. The molecule has 0 aliphatic heterocycles. The van der Waals surface area contributed by atoms with E-state index in [-0.39, 0.29) is 12.3 Å². The average Bonchev–Trinajstić information content (AvgIpc) is 3.26. The first kappa shape index (κ1) is 21.9. The Hall–Kier alpha value is -3.35. The third-order valence-corrected chi connectivity index (χ3v) is 5.11. The van der Waals surface area contributed by atoms with Crippen LogP contribution in [-0.2, 0) is 17.8 Å². The van der Waals surface area contributed by atoms with Gasteiger partial charge in [-0.25, -0.2) is 4.98 Å². The van der Waals surface area contributed by atoms with Gasteiger partial charge in [-0.15, -0.1) is 0 Å². The highest BCUT2D eigenvalue weighted by molar-refractivity contribution is 6.36. The predicted octanol–water partition coefficient (Wildman–Crippen LogP) is 6.19. The van der Waals surface area contributed by atoms with Crippen molar-refractivity contribution in [2.75, 3.05) is 5.32 Å². The van der Waals surface area contributed by atoms with E-state index < -0.39 is 0 Å². The molecule has 0 fully saturated rings. The lowest BCUT2D eigenvalue weighted by Crippen LogP contribution is -2.12. The number of halogens is 2. The number of hydrogen-bond donors (Lipinski definition) is 1. The highest BCUT2D eigenvalue weighted by Crippen LogP contribution is 2.31. The number of oxazole rings is 1. The van der Waals surface area contributed by atoms with E-state index in [1.54, 1.807) is 48.9 Å². The molecule has 0 spiro atoms. The Kier molecular flexibility index (Phi) is 7.04. The van der Waals surface area contributed by atoms with Gasteiger partial charge in [0.1, 0.15) is 12.4 Å². The van der Waals surface area contributed by atoms with Gasteiger partial charge >= 0.3 is 0 Å². The molecular formula is C24H19Cl2N3O3. The molecule has 2 aromatic heterocycles. The topological polar surface area (TPSA) is 77.2 Å². The highest BCUT2D eigenvalue weighted by Gasteiger charge is 2.12. The van der Waals surface area contributed by atoms with Crippen molar-refractivity contribution >= 4 is 34.8 Å². The lowest BCUT2D eigenvalue weighted by atomic mass is 10.2. The van der Waals surface area contributed by atoms with Crippen molar-refractivity contribution in [2.45, 2.75) is 19.4 Å². The number of anilines is 1. The molecule has 1 N–H and O–H groups in total. The number of carbonyl (C=O) groups excluding carboxylic acids is 1. The summed E-state index contributed by atoms with van der Waals surface area (Å²) in [5, 5.41) is 3.89. The number of aromatic nitrogens is 2. The highest BCUT2D eigenvalue weighted by atomic mass is 35.5. The second-order valence-electron chi connectivity index (χ2n) is 6.97. The van der Waals surface area contributed by atoms with E-state index in [1.807, 2.05) is 24.3 Å². The van der Waals surface area contributed by atoms with Crippen LogP contribution >= 0.6 is 23.2 Å². The van der Waals surface area contributed by atoms with Gasteiger partial charge in [-0.3, -0.25) is 9.78 Å². The zero-order valence-corrected chi connectivity index (χ0v) is 18.4. The number of aryl methyl sites for hydroxylation is 1. The molecule has 2 heterocycles. The van der Waals surface area contributed by atoms with Gasteiger partial charge in [-0.05, 0) is 36.4 Å². The molecular weight excluding hydrogens is 449 g/mol. The molecule has 0 atom stereocenters. The van der Waals surface area contributed by atoms with Crippen molar-refractivity contribution in [2.24, 2.45) is 0 Å². The molecule has 0 radical (unpaired) electrons. The number of ether oxygens (including phenoxy) is 1. The molecule has 0 bridgehead atoms. The van der Waals surface area contributed by atoms with Crippen LogP contribution in [-0.4, -0.2) is 15.9 Å². The molecule has 4 rings (SSSR count). The maximum absolute atomic E-state index is 12.4. The van der Waals surface area contributed by atoms with Gasteiger partial charge in [0.25, 0.3) is 0 Å². The van der Waals surface area contributed by atoms with Crippen molar-refractivity contribution in [1.82, 2.24) is 9.97 Å². The van der Waals surface area contributed by atoms with Crippen LogP contribution in [0.5, 0.6) is 5.75 Å². The van der Waals surface area contributed by atoms with Gasteiger partial charge in [0.05, 0.1) is 11.2 Å². The fraction of sp³-hybridized carbons (Fsp3) is 0.125. The molecule has 0 saturated heterocycles. The molecule has 32 heavy (non-hydrogen) atoms. The van der Waals surface area contributed by atoms with Gasteiger partial charge < -0.3 is 14.5 Å². The Morgan fingerprint density at radius 3 is 2.78 bits per heavy atom. The summed E-state index contributed by atoms with van der Waals surface area (Å²) in [5.41, 5.74) is 2.31. The fourth-order valence-corrected chi connectivity index (χ4v) is 3.50. The Morgan fingerprint density at radius 2 is 1.97 bits per heavy atom. The van der Waals surface area contributed by atoms with Crippen LogP contribution in [0.25, 0.3) is 11.3 Å². The SMILES string of the molecule is O=C(CCc1ncc(-c2ccc(Cl)cc2Cl)o1)Nc1cccc(OCc2cccnc2)c1. The van der Waals surface area contributed by atoms with E-state index in [4.69, 9.17) is 32.4 Å². The van der Waals surface area contributed by atoms with Crippen molar-refractivity contribution in [1.29, 1.82) is 0 Å². The average molecular weight is 468 g/mol. The number of hydrogen-bond acceptors (Lipinski definition) is 5. The predicted molar refractivity (Wildman–Crippen MR) is 124 cm³/mol. The Balaban J connectivity index is 1.30. The minimum Gasteiger partial charge on any atom is -0.489 e. The summed E-state index contributed by atoms with van der Waals surface area (Å²) in [6.45, 7) is 0.398. The molecule has 0 aliphatic carbocycles. The van der Waals surface area contributed by atoms with E-state index in [2.05, 4.69) is 15.3 Å². The number of pyridine rings is 1. The lowest BCUT2D eigenvalue weighted by molar-refractivity contribution is -0.116. The Labute approximate surface area is 195 Å². The summed E-state index contributed by atoms with van der Waals surface area (Å²) >= 11 is 12.1. The minimum absolute atomic E-state index is 0.154. The first-order valence-electron chi connectivity index (χ1n) is 9.88. The maximum atomic E-state index is 12.4. The second kappa shape index (κ2) is 10.3. The third kappa shape index (κ3) is 5.87. The first-order chi connectivity index (χ1) is 15.6. The van der Waals surface area contributed by atoms with Crippen molar-refractivity contribution in [3.8, 4) is 17.1 Å². The van der Waals surface area contributed by atoms with Crippen LogP contribution in [0.2, 0.25) is 10.0 Å². The van der Waals surface area contributed by atoms with E-state index in [1.165, 1.54) is 0 Å². The Morgan fingerprint density at radius 1 is 1.06 bits per heavy atom. The summed E-state index contributed by atoms with van der Waals surface area (Å²) in [5.74, 6) is 1.48. The zero-order chi connectivity index (χ0) is 22.3. The summed E-state index contributed by atoms with van der Waals surface area (Å²) in [4.78, 5) is 20.7. The monoisotopic (exact) mass is 467 g/mol. The lowest BCUT2D eigenvalue weighted by Gasteiger charge is -2.09. The smallest absolute Gasteiger partial charge is 0.224 e. The first-order valence-corrected chi connectivity index (χ1v) is 10.6. The van der Waals surface area contributed by atoms with E-state index in [0.717, 1.165) is 5.56 Å². The van der Waals surface area contributed by atoms with E-state index in [9.17, 15) is 4.79 Å². The largest absolute Gasteiger partial charge is 0.489 e. The van der Waals surface area contributed by atoms with Gasteiger partial charge in [0.2, 0.25) is 5.91 Å². The number of carbonyl (C=O) groups is 1. The van der Waals surface area contributed by atoms with Crippen LogP contribution in [0.1, 0.15) is 17.9 Å². The van der Waals surface area contributed by atoms with Gasteiger partial charge in [-0.2, -0.15) is 0 Å². The molecule has 2 aromatic carbocycles. The minimum atomic E-state index is -0.154. The second-order valence-corrected chi connectivity index (χ2v) is 7.81. The van der Waals surface area contributed by atoms with Crippen LogP contribution in [0.3, 0.4) is 0 Å². The molecule has 0 saturated carbocycles. The summed E-state index contributed by atoms with van der Waals surface area (Å²) in [6, 6.07) is 16.2. The zero-order valence-electron chi connectivity index (χ0n) is 16.9. The molecule has 162 valence electrons. The van der Waals surface area contributed by atoms with Gasteiger partial charge in [0, 0.05) is 53.1 Å². The number of rotatable bonds is 8. The summed E-state index contributed by atoms with van der Waals surface area (Å²) in [7, 11) is 0. The van der Waals surface area contributed by atoms with Crippen LogP contribution < -0.4 is 10.1 Å². The molecule has 8 heteroatoms. The molecule has 6 nitrogen and oxygen atoms in total. The van der Waals surface area contributed by atoms with Crippen molar-refractivity contribution < 1.29 is 13.9 Å². The van der Waals surface area contributed by atoms with Crippen LogP contribution in [0, 0.1) is 0 Å². The normalized spacial score (nSPS) is 10.7. The molecule has 0 unspecified atom stereocenters. The third-order valence-electron chi connectivity index (χ3n) is 4.56. The van der Waals surface area contributed by atoms with Crippen LogP contribution in [0.4, 0.5) is 5.69 Å². The fourth-order valence-electron chi connectivity index (χ4n) is 3.00. The number of nitrogens with zero attached hydrogens (tertiary/aromatic N) is 2. The molecule has 0 aliphatic rings. The number of benzene rings is 2. The summed E-state index contributed by atoms with van der Waals surface area (Å²) in [6.07, 6.45) is 5.63. The van der Waals surface area contributed by atoms with Crippen molar-refractivity contribution in [3.63, 3.8) is 0 Å². The molecule has 4 aromatic rings. The van der Waals surface area contributed by atoms with Crippen molar-refractivity contribution in [3.05, 3.63) is 94.7 Å². The van der Waals surface area contributed by atoms with E-state index in [0.29, 0.717) is 51.7 Å². The standard InChI is InChI=1S/C24H19Cl2N3O3/c25-17-6-7-20(21(26)11-17)22-14-28-24(32-22)9-8-23(30)29-18-4-1-5-19(12-18)31-15-16-3-2-10-27-13-16/h1-7,10-14H,8-9,15H2,(H,29,30). The quantitative estimate of drug-likeness (QED) is 0.334. The number of nitrogens with one attached hydrogen (secondary N) is 1. The van der Waals surface area contributed by atoms with E-state index >= 15 is 0 Å². The molecule has 1 amide bonds. The maximum Gasteiger partial charge on any atom is 0.224 e. The summed E-state index contributed by atoms with van der Waals surface area (Å²) < 4.78 is 11.5. The van der Waals surface area contributed by atoms with Gasteiger partial charge in [-0.1, -0.05) is 35.3 Å². The van der Waals surface area contributed by atoms with Crippen LogP contribution in [0.15, 0.2) is 77.6 Å². The number of amides is 1.